The van der Waals surface area contributed by atoms with Crippen LogP contribution in [0.15, 0.2) is 24.7 Å². The number of hydrogen-bond donors (Lipinski definition) is 1. The third-order valence-corrected chi connectivity index (χ3v) is 5.15. The summed E-state index contributed by atoms with van der Waals surface area (Å²) in [6, 6.07) is 4.15. The Balaban J connectivity index is 1.53. The predicted molar refractivity (Wildman–Crippen MR) is 99.9 cm³/mol. The van der Waals surface area contributed by atoms with Gasteiger partial charge in [-0.2, -0.15) is 0 Å². The van der Waals surface area contributed by atoms with Crippen molar-refractivity contribution in [3.63, 3.8) is 0 Å². The summed E-state index contributed by atoms with van der Waals surface area (Å²) in [6.07, 6.45) is 5.74. The van der Waals surface area contributed by atoms with Gasteiger partial charge in [0.1, 0.15) is 18.2 Å². The van der Waals surface area contributed by atoms with E-state index >= 15 is 0 Å². The highest BCUT2D eigenvalue weighted by atomic mass is 16.6. The Labute approximate surface area is 157 Å². The summed E-state index contributed by atoms with van der Waals surface area (Å²) in [5.41, 5.74) is 7.07. The molecule has 2 fully saturated rings. The summed E-state index contributed by atoms with van der Waals surface area (Å²) in [6.45, 7) is 3.15. The van der Waals surface area contributed by atoms with Crippen LogP contribution in [-0.4, -0.2) is 54.6 Å². The average Bonchev–Trinajstić information content (AvgIpc) is 2.70. The fourth-order valence-electron chi connectivity index (χ4n) is 3.75. The van der Waals surface area contributed by atoms with Gasteiger partial charge in [0.25, 0.3) is 0 Å². The number of carbonyl (C=O) groups excluding carboxylic acids is 1. The van der Waals surface area contributed by atoms with Crippen molar-refractivity contribution in [1.82, 2.24) is 9.97 Å². The molecule has 8 heteroatoms. The van der Waals surface area contributed by atoms with Crippen LogP contribution in [0.5, 0.6) is 5.75 Å². The van der Waals surface area contributed by atoms with Crippen molar-refractivity contribution in [2.45, 2.75) is 37.9 Å². The number of anilines is 1. The number of amides is 1. The summed E-state index contributed by atoms with van der Waals surface area (Å²) in [5, 5.41) is 0.907. The van der Waals surface area contributed by atoms with Crippen LogP contribution < -0.4 is 15.4 Å². The van der Waals surface area contributed by atoms with Crippen molar-refractivity contribution >= 4 is 22.7 Å². The summed E-state index contributed by atoms with van der Waals surface area (Å²) in [4.78, 5) is 21.8. The number of fused-ring (bicyclic) bond motifs is 1. The van der Waals surface area contributed by atoms with Crippen molar-refractivity contribution < 1.29 is 19.0 Å². The first-order valence-corrected chi connectivity index (χ1v) is 9.38. The zero-order valence-electron chi connectivity index (χ0n) is 15.2. The Morgan fingerprint density at radius 3 is 2.63 bits per heavy atom. The van der Waals surface area contributed by atoms with Gasteiger partial charge in [-0.1, -0.05) is 0 Å². The second-order valence-corrected chi connectivity index (χ2v) is 6.95. The normalized spacial score (nSPS) is 23.2. The number of nitrogens with two attached hydrogens (primary N) is 1. The molecule has 0 bridgehead atoms. The third kappa shape index (κ3) is 4.21. The lowest BCUT2D eigenvalue weighted by molar-refractivity contribution is 0.0474. The fourth-order valence-corrected chi connectivity index (χ4v) is 3.75. The first-order valence-electron chi connectivity index (χ1n) is 9.38. The molecular formula is C19H24N4O4. The first-order chi connectivity index (χ1) is 13.2. The lowest BCUT2D eigenvalue weighted by Crippen LogP contribution is -2.36. The van der Waals surface area contributed by atoms with E-state index in [-0.39, 0.29) is 12.2 Å². The van der Waals surface area contributed by atoms with E-state index in [4.69, 9.17) is 19.9 Å². The van der Waals surface area contributed by atoms with E-state index in [0.29, 0.717) is 0 Å². The van der Waals surface area contributed by atoms with Crippen LogP contribution in [0.4, 0.5) is 10.5 Å². The molecule has 1 aliphatic carbocycles. The topological polar surface area (TPSA) is 99.8 Å². The highest BCUT2D eigenvalue weighted by Crippen LogP contribution is 2.33. The number of benzene rings is 1. The second kappa shape index (κ2) is 7.96. The molecule has 4 rings (SSSR count). The van der Waals surface area contributed by atoms with Gasteiger partial charge in [0.2, 0.25) is 0 Å². The van der Waals surface area contributed by atoms with Crippen LogP contribution in [0.3, 0.4) is 0 Å². The van der Waals surface area contributed by atoms with Gasteiger partial charge in [-0.3, -0.25) is 0 Å². The predicted octanol–water partition coefficient (Wildman–Crippen LogP) is 2.25. The highest BCUT2D eigenvalue weighted by Gasteiger charge is 2.25. The molecule has 0 spiro atoms. The lowest BCUT2D eigenvalue weighted by Gasteiger charge is -2.31. The number of morpholine rings is 1. The van der Waals surface area contributed by atoms with Gasteiger partial charge >= 0.3 is 6.09 Å². The summed E-state index contributed by atoms with van der Waals surface area (Å²) in [7, 11) is 0. The molecule has 2 heterocycles. The van der Waals surface area contributed by atoms with Crippen LogP contribution in [0, 0.1) is 0 Å². The minimum Gasteiger partial charge on any atom is -0.490 e. The maximum atomic E-state index is 10.9. The Bertz CT molecular complexity index is 801. The number of hydrogen-bond acceptors (Lipinski definition) is 7. The Hall–Kier alpha value is -2.61. The van der Waals surface area contributed by atoms with E-state index in [2.05, 4.69) is 27.0 Å². The van der Waals surface area contributed by atoms with Gasteiger partial charge in [-0.25, -0.2) is 14.8 Å². The van der Waals surface area contributed by atoms with Crippen LogP contribution in [0.2, 0.25) is 0 Å². The van der Waals surface area contributed by atoms with Gasteiger partial charge in [0, 0.05) is 31.0 Å². The van der Waals surface area contributed by atoms with Crippen LogP contribution >= 0.6 is 0 Å². The van der Waals surface area contributed by atoms with E-state index < -0.39 is 6.09 Å². The molecule has 8 nitrogen and oxygen atoms in total. The van der Waals surface area contributed by atoms with Gasteiger partial charge in [-0.05, 0) is 31.7 Å². The fraction of sp³-hybridized carbons (Fsp3) is 0.526. The molecule has 2 aliphatic rings. The van der Waals surface area contributed by atoms with Gasteiger partial charge in [0.15, 0.2) is 0 Å². The largest absolute Gasteiger partial charge is 0.490 e. The molecule has 0 unspecified atom stereocenters. The molecule has 1 aromatic carbocycles. The van der Waals surface area contributed by atoms with Crippen molar-refractivity contribution in [2.75, 3.05) is 31.2 Å². The summed E-state index contributed by atoms with van der Waals surface area (Å²) in [5.74, 6) is 0.800. The number of carbonyl (C=O) groups is 1. The molecule has 1 saturated carbocycles. The van der Waals surface area contributed by atoms with Crippen LogP contribution in [0.1, 0.15) is 25.7 Å². The van der Waals surface area contributed by atoms with Crippen molar-refractivity contribution in [3.8, 4) is 5.75 Å². The van der Waals surface area contributed by atoms with E-state index in [1.165, 1.54) is 0 Å². The van der Waals surface area contributed by atoms with Gasteiger partial charge < -0.3 is 24.8 Å². The number of nitrogens with zero attached hydrogens (tertiary/aromatic N) is 3. The second-order valence-electron chi connectivity index (χ2n) is 6.95. The molecule has 0 radical (unpaired) electrons. The molecule has 1 saturated heterocycles. The SMILES string of the molecule is NC(=O)O[C@H]1CC[C@@H](Oc2cc(N3CCOCC3)cc3ncncc23)CC1. The number of rotatable bonds is 4. The Morgan fingerprint density at radius 1 is 1.15 bits per heavy atom. The van der Waals surface area contributed by atoms with Crippen LogP contribution in [-0.2, 0) is 9.47 Å². The molecule has 1 aliphatic heterocycles. The first kappa shape index (κ1) is 17.8. The van der Waals surface area contributed by atoms with Gasteiger partial charge in [0.05, 0.1) is 30.2 Å². The molecule has 27 heavy (non-hydrogen) atoms. The molecule has 2 N–H and O–H groups in total. The van der Waals surface area contributed by atoms with Crippen molar-refractivity contribution in [1.29, 1.82) is 0 Å². The van der Waals surface area contributed by atoms with E-state index in [1.807, 2.05) is 0 Å². The Kier molecular flexibility index (Phi) is 5.24. The molecule has 2 aromatic rings. The zero-order chi connectivity index (χ0) is 18.6. The lowest BCUT2D eigenvalue weighted by atomic mass is 9.95. The quantitative estimate of drug-likeness (QED) is 0.878. The molecule has 144 valence electrons. The minimum atomic E-state index is -0.708. The maximum absolute atomic E-state index is 10.9. The minimum absolute atomic E-state index is 0.0704. The Morgan fingerprint density at radius 2 is 1.89 bits per heavy atom. The molecule has 0 atom stereocenters. The third-order valence-electron chi connectivity index (χ3n) is 5.15. The average molecular weight is 372 g/mol. The maximum Gasteiger partial charge on any atom is 0.404 e. The van der Waals surface area contributed by atoms with Crippen molar-refractivity contribution in [3.05, 3.63) is 24.7 Å². The monoisotopic (exact) mass is 372 g/mol. The van der Waals surface area contributed by atoms with E-state index in [9.17, 15) is 4.79 Å². The molecular weight excluding hydrogens is 348 g/mol. The van der Waals surface area contributed by atoms with Crippen LogP contribution in [0.25, 0.3) is 10.9 Å². The zero-order valence-corrected chi connectivity index (χ0v) is 15.2. The van der Waals surface area contributed by atoms with E-state index in [0.717, 1.165) is 74.3 Å². The summed E-state index contributed by atoms with van der Waals surface area (Å²) < 4.78 is 16.9. The number of primary amides is 1. The summed E-state index contributed by atoms with van der Waals surface area (Å²) >= 11 is 0. The number of ether oxygens (including phenoxy) is 3. The van der Waals surface area contributed by atoms with Gasteiger partial charge in [-0.15, -0.1) is 0 Å². The highest BCUT2D eigenvalue weighted by molar-refractivity contribution is 5.88. The van der Waals surface area contributed by atoms with Crippen molar-refractivity contribution in [2.24, 2.45) is 5.73 Å². The molecule has 1 amide bonds. The number of aromatic nitrogens is 2. The smallest absolute Gasteiger partial charge is 0.404 e. The van der Waals surface area contributed by atoms with E-state index in [1.54, 1.807) is 12.5 Å². The molecule has 1 aromatic heterocycles. The standard InChI is InChI=1S/C19H24N4O4/c20-19(24)27-15-3-1-14(2-4-15)26-18-10-13(23-5-7-25-8-6-23)9-17-16(18)11-21-12-22-17/h9-12,14-15H,1-8H2,(H2,20,24)/t14-,15+.